The molecule has 0 saturated carbocycles. The Labute approximate surface area is 169 Å². The molecule has 1 unspecified atom stereocenters. The summed E-state index contributed by atoms with van der Waals surface area (Å²) in [6.07, 6.45) is 0. The Morgan fingerprint density at radius 2 is 1.93 bits per heavy atom. The zero-order chi connectivity index (χ0) is 21.7. The first-order valence-corrected chi connectivity index (χ1v) is 9.28. The van der Waals surface area contributed by atoms with Gasteiger partial charge in [0.05, 0.1) is 23.0 Å². The van der Waals surface area contributed by atoms with E-state index in [1.54, 1.807) is 26.8 Å². The number of halogens is 3. The second kappa shape index (κ2) is 9.43. The zero-order valence-electron chi connectivity index (χ0n) is 15.8. The summed E-state index contributed by atoms with van der Waals surface area (Å²) < 4.78 is 39.7. The Balaban J connectivity index is 1.96. The number of benzene rings is 1. The molecule has 0 aliphatic rings. The monoisotopic (exact) mass is 422 g/mol. The smallest absolute Gasteiger partial charge is 0.243 e. The summed E-state index contributed by atoms with van der Waals surface area (Å²) >= 11 is 1.06. The summed E-state index contributed by atoms with van der Waals surface area (Å²) in [4.78, 5) is 28.4. The van der Waals surface area contributed by atoms with E-state index in [2.05, 4.69) is 21.7 Å². The molecule has 1 aromatic heterocycles. The first kappa shape index (κ1) is 22.2. The maximum Gasteiger partial charge on any atom is 0.243 e. The highest BCUT2D eigenvalue weighted by molar-refractivity contribution is 8.00. The lowest BCUT2D eigenvalue weighted by Gasteiger charge is -2.14. The summed E-state index contributed by atoms with van der Waals surface area (Å²) in [5.74, 6) is -5.94. The van der Waals surface area contributed by atoms with Gasteiger partial charge in [-0.2, -0.15) is 5.26 Å². The quantitative estimate of drug-likeness (QED) is 0.551. The third kappa shape index (κ3) is 5.48. The molecular formula is C19H17F3N4O2S. The third-order valence-corrected chi connectivity index (χ3v) is 4.90. The van der Waals surface area contributed by atoms with Crippen molar-refractivity contribution in [2.24, 2.45) is 0 Å². The number of amides is 2. The standard InChI is InChI=1S/C19H17F3N4O2S/c1-9-6-10(2)25-19(12(9)7-23)29-11(3)18(28)24-8-15(27)26-14-5-4-13(20)16(21)17(14)22/h4-6,11H,8H2,1-3H3,(H,24,28)(H,26,27). The minimum Gasteiger partial charge on any atom is -0.346 e. The van der Waals surface area contributed by atoms with E-state index >= 15 is 0 Å². The van der Waals surface area contributed by atoms with Gasteiger partial charge in [-0.25, -0.2) is 18.2 Å². The van der Waals surface area contributed by atoms with Crippen molar-refractivity contribution in [2.45, 2.75) is 31.0 Å². The number of carbonyl (C=O) groups is 2. The number of nitriles is 1. The van der Waals surface area contributed by atoms with Crippen molar-refractivity contribution >= 4 is 29.3 Å². The molecule has 152 valence electrons. The van der Waals surface area contributed by atoms with E-state index in [0.717, 1.165) is 23.4 Å². The van der Waals surface area contributed by atoms with Crippen molar-refractivity contribution in [3.05, 3.63) is 52.5 Å². The van der Waals surface area contributed by atoms with Gasteiger partial charge in [-0.05, 0) is 44.5 Å². The van der Waals surface area contributed by atoms with Gasteiger partial charge in [0.1, 0.15) is 11.1 Å². The van der Waals surface area contributed by atoms with Crippen LogP contribution in [-0.4, -0.2) is 28.6 Å². The van der Waals surface area contributed by atoms with Crippen LogP contribution in [0.25, 0.3) is 0 Å². The number of rotatable bonds is 6. The molecule has 2 N–H and O–H groups in total. The molecule has 2 amide bonds. The molecule has 2 aromatic rings. The fraction of sp³-hybridized carbons (Fsp3) is 0.263. The van der Waals surface area contributed by atoms with Crippen molar-refractivity contribution in [2.75, 3.05) is 11.9 Å². The van der Waals surface area contributed by atoms with Crippen molar-refractivity contribution in [3.8, 4) is 6.07 Å². The van der Waals surface area contributed by atoms with E-state index in [-0.39, 0.29) is 0 Å². The number of nitrogens with zero attached hydrogens (tertiary/aromatic N) is 2. The Kier molecular flexibility index (Phi) is 7.23. The molecule has 29 heavy (non-hydrogen) atoms. The van der Waals surface area contributed by atoms with E-state index in [1.165, 1.54) is 0 Å². The maximum absolute atomic E-state index is 13.6. The molecule has 0 bridgehead atoms. The second-order valence-corrected chi connectivity index (χ2v) is 7.45. The van der Waals surface area contributed by atoms with Crippen LogP contribution < -0.4 is 10.6 Å². The van der Waals surface area contributed by atoms with E-state index in [9.17, 15) is 28.0 Å². The largest absolute Gasteiger partial charge is 0.346 e. The van der Waals surface area contributed by atoms with Crippen LogP contribution in [0.15, 0.2) is 23.2 Å². The maximum atomic E-state index is 13.6. The summed E-state index contributed by atoms with van der Waals surface area (Å²) in [7, 11) is 0. The van der Waals surface area contributed by atoms with Crippen LogP contribution in [-0.2, 0) is 9.59 Å². The average molecular weight is 422 g/mol. The highest BCUT2D eigenvalue weighted by Crippen LogP contribution is 2.27. The van der Waals surface area contributed by atoms with E-state index in [4.69, 9.17) is 0 Å². The van der Waals surface area contributed by atoms with Crippen molar-refractivity contribution in [3.63, 3.8) is 0 Å². The van der Waals surface area contributed by atoms with Gasteiger partial charge in [0.2, 0.25) is 11.8 Å². The second-order valence-electron chi connectivity index (χ2n) is 6.12. The molecule has 0 aliphatic heterocycles. The predicted octanol–water partition coefficient (Wildman–Crippen LogP) is 3.22. The molecule has 6 nitrogen and oxygen atoms in total. The van der Waals surface area contributed by atoms with Crippen molar-refractivity contribution in [1.29, 1.82) is 5.26 Å². The van der Waals surface area contributed by atoms with Gasteiger partial charge in [0.25, 0.3) is 0 Å². The molecule has 1 heterocycles. The summed E-state index contributed by atoms with van der Waals surface area (Å²) in [6, 6.07) is 5.37. The Hall–Kier alpha value is -3.06. The van der Waals surface area contributed by atoms with Crippen LogP contribution in [0.4, 0.5) is 18.9 Å². The molecule has 1 atom stereocenters. The van der Waals surface area contributed by atoms with Crippen LogP contribution >= 0.6 is 11.8 Å². The lowest BCUT2D eigenvalue weighted by molar-refractivity contribution is -0.123. The molecule has 2 rings (SSSR count). The fourth-order valence-electron chi connectivity index (χ4n) is 2.37. The number of nitrogens with one attached hydrogen (secondary N) is 2. The molecule has 0 radical (unpaired) electrons. The molecular weight excluding hydrogens is 405 g/mol. The van der Waals surface area contributed by atoms with Crippen molar-refractivity contribution < 1.29 is 22.8 Å². The molecule has 0 spiro atoms. The highest BCUT2D eigenvalue weighted by Gasteiger charge is 2.20. The van der Waals surface area contributed by atoms with Crippen LogP contribution in [0.3, 0.4) is 0 Å². The lowest BCUT2D eigenvalue weighted by Crippen LogP contribution is -2.37. The van der Waals surface area contributed by atoms with Gasteiger partial charge in [0.15, 0.2) is 17.5 Å². The Morgan fingerprint density at radius 3 is 2.59 bits per heavy atom. The van der Waals surface area contributed by atoms with Gasteiger partial charge < -0.3 is 10.6 Å². The number of hydrogen-bond donors (Lipinski definition) is 2. The summed E-state index contributed by atoms with van der Waals surface area (Å²) in [5, 5.41) is 13.4. The molecule has 1 aromatic carbocycles. The number of aryl methyl sites for hydroxylation is 2. The number of thioether (sulfide) groups is 1. The van der Waals surface area contributed by atoms with Crippen LogP contribution in [0.1, 0.15) is 23.7 Å². The molecule has 10 heteroatoms. The molecule has 0 saturated heterocycles. The molecule has 0 fully saturated rings. The first-order chi connectivity index (χ1) is 13.6. The van der Waals surface area contributed by atoms with Crippen LogP contribution in [0.2, 0.25) is 0 Å². The predicted molar refractivity (Wildman–Crippen MR) is 102 cm³/mol. The van der Waals surface area contributed by atoms with Gasteiger partial charge >= 0.3 is 0 Å². The topological polar surface area (TPSA) is 94.9 Å². The van der Waals surface area contributed by atoms with E-state index in [0.29, 0.717) is 22.3 Å². The minimum atomic E-state index is -1.70. The number of hydrogen-bond acceptors (Lipinski definition) is 5. The van der Waals surface area contributed by atoms with Crippen LogP contribution in [0, 0.1) is 42.6 Å². The van der Waals surface area contributed by atoms with E-state index < -0.39 is 46.7 Å². The van der Waals surface area contributed by atoms with Crippen molar-refractivity contribution in [1.82, 2.24) is 10.3 Å². The van der Waals surface area contributed by atoms with Gasteiger partial charge in [0, 0.05) is 5.69 Å². The highest BCUT2D eigenvalue weighted by atomic mass is 32.2. The lowest BCUT2D eigenvalue weighted by atomic mass is 10.1. The zero-order valence-corrected chi connectivity index (χ0v) is 16.6. The number of pyridine rings is 1. The van der Waals surface area contributed by atoms with Gasteiger partial charge in [-0.3, -0.25) is 9.59 Å². The van der Waals surface area contributed by atoms with E-state index in [1.807, 2.05) is 0 Å². The Morgan fingerprint density at radius 1 is 1.24 bits per heavy atom. The average Bonchev–Trinajstić information content (AvgIpc) is 2.66. The van der Waals surface area contributed by atoms with Crippen LogP contribution in [0.5, 0.6) is 0 Å². The summed E-state index contributed by atoms with van der Waals surface area (Å²) in [6.45, 7) is 4.61. The number of aromatic nitrogens is 1. The third-order valence-electron chi connectivity index (χ3n) is 3.81. The number of anilines is 1. The Bertz CT molecular complexity index is 1010. The number of carbonyl (C=O) groups excluding carboxylic acids is 2. The van der Waals surface area contributed by atoms with Gasteiger partial charge in [-0.1, -0.05) is 11.8 Å². The normalized spacial score (nSPS) is 11.5. The minimum absolute atomic E-state index is 0.367. The first-order valence-electron chi connectivity index (χ1n) is 8.40. The SMILES string of the molecule is Cc1cc(C)c(C#N)c(SC(C)C(=O)NCC(=O)Nc2ccc(F)c(F)c2F)n1. The van der Waals surface area contributed by atoms with Gasteiger partial charge in [-0.15, -0.1) is 0 Å². The fourth-order valence-corrected chi connectivity index (χ4v) is 3.42. The summed E-state index contributed by atoms with van der Waals surface area (Å²) in [5.41, 5.74) is 1.27. The molecule has 0 aliphatic carbocycles.